The number of aryl methyl sites for hydroxylation is 5. The molecule has 0 unspecified atom stereocenters. The van der Waals surface area contributed by atoms with Crippen LogP contribution in [0.4, 0.5) is 10.1 Å². The first-order valence-electron chi connectivity index (χ1n) is 27.2. The highest BCUT2D eigenvalue weighted by Crippen LogP contribution is 2.33. The molecule has 0 aliphatic carbocycles. The van der Waals surface area contributed by atoms with Crippen LogP contribution in [0.25, 0.3) is 43.6 Å². The van der Waals surface area contributed by atoms with Gasteiger partial charge in [0, 0.05) is 74.9 Å². The first-order chi connectivity index (χ1) is 43.2. The monoisotopic (exact) mass is 1350 g/mol. The Hall–Kier alpha value is -9.41. The van der Waals surface area contributed by atoms with Gasteiger partial charge in [0.05, 0.1) is 53.2 Å². The summed E-state index contributed by atoms with van der Waals surface area (Å²) in [5, 5.41) is 69.7. The number of nitro benzene ring substituents is 1. The molecular weight excluding hydrogens is 1300 g/mol. The maximum absolute atomic E-state index is 13.4. The van der Waals surface area contributed by atoms with Gasteiger partial charge in [-0.2, -0.15) is 20.4 Å². The van der Waals surface area contributed by atoms with E-state index in [1.54, 1.807) is 45.8 Å². The van der Waals surface area contributed by atoms with E-state index in [1.165, 1.54) is 39.7 Å². The molecule has 0 radical (unpaired) electrons. The van der Waals surface area contributed by atoms with E-state index in [0.29, 0.717) is 76.2 Å². The Morgan fingerprint density at radius 2 is 0.824 bits per heavy atom. The second-order valence-corrected chi connectivity index (χ2v) is 23.4. The zero-order valence-electron chi connectivity index (χ0n) is 48.5. The second-order valence-electron chi connectivity index (χ2n) is 20.9. The zero-order chi connectivity index (χ0) is 65.9. The molecule has 0 spiro atoms. The number of hydrogen-bond donors (Lipinski definition) is 4. The molecule has 0 fully saturated rings. The first kappa shape index (κ1) is 66.0. The van der Waals surface area contributed by atoms with Crippen LogP contribution in [-0.2, 0) is 26.2 Å². The van der Waals surface area contributed by atoms with Crippen LogP contribution in [0.5, 0.6) is 0 Å². The summed E-state index contributed by atoms with van der Waals surface area (Å²) < 4.78 is 19.7. The molecule has 91 heavy (non-hydrogen) atoms. The van der Waals surface area contributed by atoms with Gasteiger partial charge < -0.3 is 20.4 Å². The molecule has 12 rings (SSSR count). The minimum absolute atomic E-state index is 0.0776. The van der Waals surface area contributed by atoms with E-state index in [0.717, 1.165) is 56.0 Å². The zero-order valence-corrected chi connectivity index (χ0v) is 53.1. The van der Waals surface area contributed by atoms with E-state index in [9.17, 15) is 54.1 Å². The summed E-state index contributed by atoms with van der Waals surface area (Å²) >= 11 is 37.0. The van der Waals surface area contributed by atoms with Gasteiger partial charge in [-0.1, -0.05) is 135 Å². The minimum atomic E-state index is -1.27. The number of carboxylic acids is 4. The molecule has 12 aromatic rings. The Kier molecular flexibility index (Phi) is 20.1. The van der Waals surface area contributed by atoms with E-state index in [-0.39, 0.29) is 52.3 Å². The molecular formula is C65H50Cl6FN9O10. The predicted octanol–water partition coefficient (Wildman–Crippen LogP) is 16.6. The Labute approximate surface area is 546 Å². The highest BCUT2D eigenvalue weighted by molar-refractivity contribution is 6.36. The third-order valence-corrected chi connectivity index (χ3v) is 16.5. The second kappa shape index (κ2) is 27.8. The van der Waals surface area contributed by atoms with Crippen LogP contribution in [0, 0.1) is 50.6 Å². The molecule has 4 heterocycles. The number of hydrogen-bond acceptors (Lipinski definition) is 10. The lowest BCUT2D eigenvalue weighted by Crippen LogP contribution is -2.05. The quantitative estimate of drug-likeness (QED) is 0.0618. The fourth-order valence-corrected chi connectivity index (χ4v) is 11.9. The van der Waals surface area contributed by atoms with E-state index >= 15 is 0 Å². The van der Waals surface area contributed by atoms with Crippen molar-refractivity contribution < 1.29 is 48.9 Å². The molecule has 19 nitrogen and oxygen atoms in total. The topological polar surface area (TPSA) is 264 Å². The van der Waals surface area contributed by atoms with Crippen molar-refractivity contribution in [2.75, 3.05) is 0 Å². The van der Waals surface area contributed by atoms with E-state index in [4.69, 9.17) is 69.6 Å². The molecule has 0 aliphatic rings. The summed E-state index contributed by atoms with van der Waals surface area (Å²) in [7, 11) is 0. The van der Waals surface area contributed by atoms with Crippen molar-refractivity contribution in [3.63, 3.8) is 0 Å². The van der Waals surface area contributed by atoms with Gasteiger partial charge in [0.1, 0.15) is 5.82 Å². The van der Waals surface area contributed by atoms with Crippen LogP contribution in [0.1, 0.15) is 92.0 Å². The van der Waals surface area contributed by atoms with Gasteiger partial charge in [0.15, 0.2) is 22.8 Å². The van der Waals surface area contributed by atoms with Crippen molar-refractivity contribution in [2.45, 2.75) is 60.8 Å². The van der Waals surface area contributed by atoms with Crippen LogP contribution in [0.2, 0.25) is 30.1 Å². The molecule has 0 amide bonds. The summed E-state index contributed by atoms with van der Waals surface area (Å²) in [6, 6.07) is 39.1. The van der Waals surface area contributed by atoms with Crippen LogP contribution < -0.4 is 0 Å². The van der Waals surface area contributed by atoms with Crippen molar-refractivity contribution in [1.82, 2.24) is 39.1 Å². The van der Waals surface area contributed by atoms with Crippen molar-refractivity contribution in [1.29, 1.82) is 0 Å². The minimum Gasteiger partial charge on any atom is -0.476 e. The lowest BCUT2D eigenvalue weighted by atomic mass is 10.1. The maximum atomic E-state index is 13.4. The van der Waals surface area contributed by atoms with Crippen LogP contribution in [0.3, 0.4) is 0 Å². The Morgan fingerprint density at radius 3 is 1.25 bits per heavy atom. The van der Waals surface area contributed by atoms with Gasteiger partial charge in [0.2, 0.25) is 0 Å². The van der Waals surface area contributed by atoms with Crippen LogP contribution >= 0.6 is 69.6 Å². The number of halogens is 7. The van der Waals surface area contributed by atoms with Crippen LogP contribution in [-0.4, -0.2) is 88.3 Å². The predicted molar refractivity (Wildman–Crippen MR) is 349 cm³/mol. The first-order valence-corrected chi connectivity index (χ1v) is 29.5. The lowest BCUT2D eigenvalue weighted by Gasteiger charge is -2.09. The Bertz CT molecular complexity index is 4870. The normalized spacial score (nSPS) is 11.0. The molecule has 0 bridgehead atoms. The average Bonchev–Trinajstić information content (AvgIpc) is 1.82. The third-order valence-electron chi connectivity index (χ3n) is 14.4. The summed E-state index contributed by atoms with van der Waals surface area (Å²) in [5.74, 6) is -5.06. The Morgan fingerprint density at radius 1 is 0.429 bits per heavy atom. The number of rotatable bonds is 13. The lowest BCUT2D eigenvalue weighted by molar-refractivity contribution is -0.384. The van der Waals surface area contributed by atoms with Gasteiger partial charge in [0.25, 0.3) is 5.69 Å². The molecule has 4 N–H and O–H groups in total. The van der Waals surface area contributed by atoms with Crippen molar-refractivity contribution in [3.05, 3.63) is 258 Å². The molecule has 0 saturated heterocycles. The van der Waals surface area contributed by atoms with Gasteiger partial charge >= 0.3 is 23.9 Å². The van der Waals surface area contributed by atoms with Crippen molar-refractivity contribution in [3.8, 4) is 0 Å². The smallest absolute Gasteiger partial charge is 0.357 e. The number of benzene rings is 8. The Balaban J connectivity index is 0.000000144. The molecule has 464 valence electrons. The summed E-state index contributed by atoms with van der Waals surface area (Å²) in [6.45, 7) is 11.0. The van der Waals surface area contributed by atoms with Gasteiger partial charge in [-0.05, 0) is 135 Å². The summed E-state index contributed by atoms with van der Waals surface area (Å²) in [4.78, 5) is 56.0. The molecule has 26 heteroatoms. The fourth-order valence-electron chi connectivity index (χ4n) is 10.3. The highest BCUT2D eigenvalue weighted by atomic mass is 35.5. The molecule has 0 atom stereocenters. The fraction of sp³-hybridized carbons (Fsp3) is 0.138. The SMILES string of the molecule is Cc1cc(C)c2c(c1)c(C(=O)O)nn2Cc1ccccc1Cl.Cc1ccc(Cn2nc(C(=O)O)c3cc(C)cc(C)c32)c(Cl)c1.O=C(O)c1nn(Cc2c(Cl)cccc2Cl)c2ccc(F)cc12.O=C(O)c1nn(Cc2c(Cl)cccc2Cl)c2ccc([N+](=O)[O-])cc12. The summed E-state index contributed by atoms with van der Waals surface area (Å²) in [6.07, 6.45) is 0. The van der Waals surface area contributed by atoms with Crippen molar-refractivity contribution in [2.24, 2.45) is 0 Å². The van der Waals surface area contributed by atoms with Gasteiger partial charge in [-0.25, -0.2) is 23.6 Å². The van der Waals surface area contributed by atoms with Crippen molar-refractivity contribution >= 4 is 143 Å². The number of aromatic carboxylic acids is 4. The van der Waals surface area contributed by atoms with Gasteiger partial charge in [-0.3, -0.25) is 28.8 Å². The number of non-ortho nitro benzene ring substituents is 1. The number of carboxylic acid groups (broad SMARTS) is 4. The number of fused-ring (bicyclic) bond motifs is 4. The summed E-state index contributed by atoms with van der Waals surface area (Å²) in [5.41, 5.74) is 10.2. The van der Waals surface area contributed by atoms with E-state index in [1.807, 2.05) is 101 Å². The van der Waals surface area contributed by atoms with Crippen LogP contribution in [0.15, 0.2) is 140 Å². The number of aromatic nitrogens is 8. The third kappa shape index (κ3) is 14.6. The molecule has 0 saturated carbocycles. The average molecular weight is 1350 g/mol. The standard InChI is InChI=1S/C18H17ClN2O2.C17H15ClN2O2.C15H9Cl2FN2O2.C15H9Cl2N3O4/c1-10-4-5-13(15(19)8-10)9-21-17-12(3)6-11(2)7-14(17)16(20-21)18(22)23;1-10-7-11(2)16-13(8-10)15(17(21)22)19-20(16)9-12-5-3-4-6-14(12)18;16-11-2-1-3-12(17)10(11)7-20-13-5-4-8(18)6-9(13)14(19-20)15(21)22;16-11-2-1-3-12(17)10(11)7-19-13-5-4-8(20(23)24)6-9(13)14(18-19)15(21)22/h4-8H,9H2,1-3H3,(H,22,23);3-8H,9H2,1-2H3,(H,21,22);1-6H,7H2,(H,21,22);1-6H,7H2,(H,21,22). The van der Waals surface area contributed by atoms with Gasteiger partial charge in [-0.15, -0.1) is 0 Å². The molecule has 4 aromatic heterocycles. The largest absolute Gasteiger partial charge is 0.476 e. The van der Waals surface area contributed by atoms with E-state index < -0.39 is 34.6 Å². The number of carbonyl (C=O) groups is 4. The molecule has 8 aromatic carbocycles. The number of nitrogens with zero attached hydrogens (tertiary/aromatic N) is 9. The molecule has 0 aliphatic heterocycles. The highest BCUT2D eigenvalue weighted by Gasteiger charge is 2.24. The van der Waals surface area contributed by atoms with E-state index in [2.05, 4.69) is 20.4 Å². The number of nitro groups is 1. The maximum Gasteiger partial charge on any atom is 0.357 e.